The third-order valence-electron chi connectivity index (χ3n) is 4.23. The van der Waals surface area contributed by atoms with Gasteiger partial charge in [-0.2, -0.15) is 5.26 Å². The number of halogens is 1. The van der Waals surface area contributed by atoms with Crippen LogP contribution in [-0.4, -0.2) is 44.9 Å². The first kappa shape index (κ1) is 24.6. The highest BCUT2D eigenvalue weighted by molar-refractivity contribution is 9.10. The van der Waals surface area contributed by atoms with Crippen molar-refractivity contribution < 1.29 is 33.6 Å². The van der Waals surface area contributed by atoms with E-state index in [0.717, 1.165) is 0 Å². The molecule has 168 valence electrons. The van der Waals surface area contributed by atoms with Crippen LogP contribution in [0.4, 0.5) is 0 Å². The molecule has 2 aromatic rings. The standard InChI is InChI=1S/C22H21BrN2O7/c1-29-16-5-4-13(18(8-16)30-2)11-25-22(28)15(10-24)6-14-7-19(31-3)20(9-17(14)23)32-12-21(26)27/h4-9H,11-12H2,1-3H3,(H,25,28)(H,26,27)/b15-6+. The zero-order valence-corrected chi connectivity index (χ0v) is 19.2. The van der Waals surface area contributed by atoms with Gasteiger partial charge < -0.3 is 29.4 Å². The van der Waals surface area contributed by atoms with Gasteiger partial charge in [-0.05, 0) is 35.9 Å². The quantitative estimate of drug-likeness (QED) is 0.373. The number of carboxylic acids is 1. The van der Waals surface area contributed by atoms with E-state index in [1.165, 1.54) is 39.5 Å². The van der Waals surface area contributed by atoms with E-state index in [2.05, 4.69) is 21.2 Å². The van der Waals surface area contributed by atoms with Crippen LogP contribution in [0.3, 0.4) is 0 Å². The molecule has 2 rings (SSSR count). The number of nitrogens with one attached hydrogen (secondary N) is 1. The number of nitriles is 1. The molecule has 0 fully saturated rings. The highest BCUT2D eigenvalue weighted by Gasteiger charge is 2.15. The Hall–Kier alpha value is -3.71. The Balaban J connectivity index is 2.22. The van der Waals surface area contributed by atoms with E-state index in [1.807, 2.05) is 6.07 Å². The maximum absolute atomic E-state index is 12.6. The van der Waals surface area contributed by atoms with Crippen molar-refractivity contribution in [2.45, 2.75) is 6.54 Å². The second kappa shape index (κ2) is 11.6. The molecule has 0 atom stereocenters. The first-order valence-electron chi connectivity index (χ1n) is 9.16. The molecule has 0 aliphatic rings. The summed E-state index contributed by atoms with van der Waals surface area (Å²) in [5, 5.41) is 21.0. The minimum absolute atomic E-state index is 0.136. The van der Waals surface area contributed by atoms with Gasteiger partial charge in [-0.15, -0.1) is 0 Å². The fourth-order valence-corrected chi connectivity index (χ4v) is 3.08. The van der Waals surface area contributed by atoms with Crippen LogP contribution >= 0.6 is 15.9 Å². The van der Waals surface area contributed by atoms with Crippen molar-refractivity contribution in [3.63, 3.8) is 0 Å². The number of carbonyl (C=O) groups is 2. The molecule has 0 aliphatic carbocycles. The van der Waals surface area contributed by atoms with Gasteiger partial charge in [0.1, 0.15) is 23.1 Å². The average molecular weight is 505 g/mol. The van der Waals surface area contributed by atoms with E-state index in [1.54, 1.807) is 18.2 Å². The fourth-order valence-electron chi connectivity index (χ4n) is 2.65. The highest BCUT2D eigenvalue weighted by Crippen LogP contribution is 2.34. The third kappa shape index (κ3) is 6.39. The van der Waals surface area contributed by atoms with Crippen LogP contribution in [0.25, 0.3) is 6.08 Å². The Bertz CT molecular complexity index is 1080. The summed E-state index contributed by atoms with van der Waals surface area (Å²) in [4.78, 5) is 23.3. The number of carboxylic acid groups (broad SMARTS) is 1. The minimum atomic E-state index is -1.14. The van der Waals surface area contributed by atoms with Gasteiger partial charge in [-0.3, -0.25) is 4.79 Å². The van der Waals surface area contributed by atoms with E-state index in [0.29, 0.717) is 27.1 Å². The predicted octanol–water partition coefficient (Wildman–Crippen LogP) is 3.16. The normalized spacial score (nSPS) is 10.7. The molecule has 9 nitrogen and oxygen atoms in total. The lowest BCUT2D eigenvalue weighted by Crippen LogP contribution is -2.24. The number of amides is 1. The number of rotatable bonds is 10. The van der Waals surface area contributed by atoms with Crippen LogP contribution in [0, 0.1) is 11.3 Å². The van der Waals surface area contributed by atoms with Crippen LogP contribution in [-0.2, 0) is 16.1 Å². The van der Waals surface area contributed by atoms with Gasteiger partial charge in [0.2, 0.25) is 0 Å². The summed E-state index contributed by atoms with van der Waals surface area (Å²) < 4.78 is 21.4. The topological polar surface area (TPSA) is 127 Å². The van der Waals surface area contributed by atoms with Crippen LogP contribution in [0.5, 0.6) is 23.0 Å². The number of benzene rings is 2. The monoisotopic (exact) mass is 504 g/mol. The first-order chi connectivity index (χ1) is 15.3. The number of hydrogen-bond donors (Lipinski definition) is 2. The van der Waals surface area contributed by atoms with Crippen LogP contribution < -0.4 is 24.3 Å². The lowest BCUT2D eigenvalue weighted by Gasteiger charge is -2.12. The lowest BCUT2D eigenvalue weighted by molar-refractivity contribution is -0.139. The smallest absolute Gasteiger partial charge is 0.341 e. The molecule has 0 aliphatic heterocycles. The van der Waals surface area contributed by atoms with Gasteiger partial charge in [0.05, 0.1) is 21.3 Å². The van der Waals surface area contributed by atoms with Crippen molar-refractivity contribution in [2.24, 2.45) is 0 Å². The Morgan fingerprint density at radius 1 is 1.09 bits per heavy atom. The van der Waals surface area contributed by atoms with Crippen LogP contribution in [0.2, 0.25) is 0 Å². The third-order valence-corrected chi connectivity index (χ3v) is 4.92. The highest BCUT2D eigenvalue weighted by atomic mass is 79.9. The van der Waals surface area contributed by atoms with Crippen LogP contribution in [0.15, 0.2) is 40.4 Å². The van der Waals surface area contributed by atoms with Crippen LogP contribution in [0.1, 0.15) is 11.1 Å². The fraction of sp³-hybridized carbons (Fsp3) is 0.227. The minimum Gasteiger partial charge on any atom is -0.497 e. The SMILES string of the molecule is COc1ccc(CNC(=O)/C(C#N)=C/c2cc(OC)c(OCC(=O)O)cc2Br)c(OC)c1. The van der Waals surface area contributed by atoms with E-state index < -0.39 is 18.5 Å². The average Bonchev–Trinajstić information content (AvgIpc) is 2.80. The summed E-state index contributed by atoms with van der Waals surface area (Å²) in [5.74, 6) is -0.109. The summed E-state index contributed by atoms with van der Waals surface area (Å²) in [5.41, 5.74) is 1.04. The Labute approximate surface area is 193 Å². The summed E-state index contributed by atoms with van der Waals surface area (Å²) in [6, 6.07) is 10.1. The zero-order valence-electron chi connectivity index (χ0n) is 17.6. The Morgan fingerprint density at radius 2 is 1.81 bits per heavy atom. The molecule has 0 aromatic heterocycles. The van der Waals surface area contributed by atoms with Crippen molar-refractivity contribution in [3.8, 4) is 29.1 Å². The number of methoxy groups -OCH3 is 3. The lowest BCUT2D eigenvalue weighted by atomic mass is 10.1. The number of ether oxygens (including phenoxy) is 4. The summed E-state index contributed by atoms with van der Waals surface area (Å²) >= 11 is 3.34. The number of carbonyl (C=O) groups excluding carboxylic acids is 1. The van der Waals surface area contributed by atoms with Crippen molar-refractivity contribution in [2.75, 3.05) is 27.9 Å². The second-order valence-corrected chi connectivity index (χ2v) is 7.09. The Morgan fingerprint density at radius 3 is 2.41 bits per heavy atom. The molecule has 2 aromatic carbocycles. The molecule has 0 heterocycles. The molecule has 10 heteroatoms. The maximum atomic E-state index is 12.6. The summed E-state index contributed by atoms with van der Waals surface area (Å²) in [6.07, 6.45) is 1.38. The molecule has 2 N–H and O–H groups in total. The Kier molecular flexibility index (Phi) is 8.92. The van der Waals surface area contributed by atoms with Crippen molar-refractivity contribution >= 4 is 33.9 Å². The van der Waals surface area contributed by atoms with Crippen molar-refractivity contribution in [1.29, 1.82) is 5.26 Å². The largest absolute Gasteiger partial charge is 0.497 e. The molecule has 0 unspecified atom stereocenters. The van der Waals surface area contributed by atoms with E-state index >= 15 is 0 Å². The van der Waals surface area contributed by atoms with Gasteiger partial charge in [-0.1, -0.05) is 15.9 Å². The molecule has 0 bridgehead atoms. The van der Waals surface area contributed by atoms with E-state index in [-0.39, 0.29) is 23.6 Å². The number of nitrogens with zero attached hydrogens (tertiary/aromatic N) is 1. The van der Waals surface area contributed by atoms with E-state index in [4.69, 9.17) is 24.1 Å². The van der Waals surface area contributed by atoms with E-state index in [9.17, 15) is 14.9 Å². The molecule has 0 saturated carbocycles. The molecule has 0 spiro atoms. The molecule has 32 heavy (non-hydrogen) atoms. The molecule has 0 radical (unpaired) electrons. The van der Waals surface area contributed by atoms with Gasteiger partial charge in [0.15, 0.2) is 18.1 Å². The summed E-state index contributed by atoms with van der Waals surface area (Å²) in [6.45, 7) is -0.407. The molecule has 1 amide bonds. The molecular formula is C22H21BrN2O7. The predicted molar refractivity (Wildman–Crippen MR) is 119 cm³/mol. The number of hydrogen-bond acceptors (Lipinski definition) is 7. The van der Waals surface area contributed by atoms with Crippen molar-refractivity contribution in [1.82, 2.24) is 5.32 Å². The zero-order chi connectivity index (χ0) is 23.7. The van der Waals surface area contributed by atoms with Gasteiger partial charge >= 0.3 is 5.97 Å². The number of aliphatic carboxylic acids is 1. The molecular weight excluding hydrogens is 484 g/mol. The second-order valence-electron chi connectivity index (χ2n) is 6.24. The molecule has 0 saturated heterocycles. The maximum Gasteiger partial charge on any atom is 0.341 e. The van der Waals surface area contributed by atoms with Gasteiger partial charge in [-0.25, -0.2) is 4.79 Å². The summed E-state index contributed by atoms with van der Waals surface area (Å²) in [7, 11) is 4.44. The van der Waals surface area contributed by atoms with Gasteiger partial charge in [0.25, 0.3) is 5.91 Å². The van der Waals surface area contributed by atoms with Gasteiger partial charge in [0, 0.05) is 22.6 Å². The first-order valence-corrected chi connectivity index (χ1v) is 9.95. The van der Waals surface area contributed by atoms with Crippen molar-refractivity contribution in [3.05, 3.63) is 51.5 Å².